The fourth-order valence-corrected chi connectivity index (χ4v) is 10.9. The average molecular weight is 1220 g/mol. The van der Waals surface area contributed by atoms with Gasteiger partial charge in [-0.1, -0.05) is 239 Å². The number of hydrogen-bond donors (Lipinski definition) is 0. The second-order valence-corrected chi connectivity index (χ2v) is 22.4. The normalized spacial score (nSPS) is 22.0. The monoisotopic (exact) mass is 1220 g/mol. The molecule has 0 unspecified atom stereocenters. The fraction of sp³-hybridized carbons (Fsp3) is 0.411. The first kappa shape index (κ1) is 66.8. The molecule has 0 radical (unpaired) electrons. The van der Waals surface area contributed by atoms with Crippen LogP contribution in [-0.4, -0.2) is 111 Å². The maximum atomic E-state index is 13.9. The molecule has 13 nitrogen and oxygen atoms in total. The molecule has 2 aliphatic rings. The third-order valence-corrected chi connectivity index (χ3v) is 15.6. The lowest BCUT2D eigenvalue weighted by molar-refractivity contribution is -0.377. The summed E-state index contributed by atoms with van der Waals surface area (Å²) in [6, 6.07) is 68.9. The van der Waals surface area contributed by atoms with Gasteiger partial charge in [-0.25, -0.2) is 0 Å². The quantitative estimate of drug-likeness (QED) is 0.0348. The predicted octanol–water partition coefficient (Wildman–Crippen LogP) is 13.9. The van der Waals surface area contributed by atoms with Crippen LogP contribution in [0.5, 0.6) is 0 Å². The number of halogens is 3. The second kappa shape index (κ2) is 36.3. The molecule has 2 saturated heterocycles. The summed E-state index contributed by atoms with van der Waals surface area (Å²) in [5, 5.41) is 0. The summed E-state index contributed by atoms with van der Waals surface area (Å²) in [6.45, 7) is 3.37. The van der Waals surface area contributed by atoms with Crippen LogP contribution in [0.2, 0.25) is 0 Å². The summed E-state index contributed by atoms with van der Waals surface area (Å²) in [7, 11) is 0. The van der Waals surface area contributed by atoms with Gasteiger partial charge in [-0.15, -0.1) is 0 Å². The molecular weight excluding hydrogens is 1140 g/mol. The van der Waals surface area contributed by atoms with Crippen molar-refractivity contribution in [2.45, 2.75) is 159 Å². The van der Waals surface area contributed by atoms with E-state index in [1.54, 1.807) is 0 Å². The zero-order valence-corrected chi connectivity index (χ0v) is 50.7. The molecule has 2 heterocycles. The summed E-state index contributed by atoms with van der Waals surface area (Å²) >= 11 is 0. The van der Waals surface area contributed by atoms with E-state index in [4.69, 9.17) is 52.1 Å². The van der Waals surface area contributed by atoms with E-state index in [0.29, 0.717) is 19.4 Å². The van der Waals surface area contributed by atoms with E-state index in [2.05, 4.69) is 0 Å². The highest BCUT2D eigenvalue weighted by Crippen LogP contribution is 2.37. The van der Waals surface area contributed by atoms with Crippen LogP contribution in [0.3, 0.4) is 0 Å². The number of carbonyl (C=O) groups excluding carboxylic acids is 1. The summed E-state index contributed by atoms with van der Waals surface area (Å²) < 4.78 is 119. The SMILES string of the molecule is CCCCCCN(CCCCO[C@H]1O[C@H](COCc2ccccc2)[C@@H](O[C@@H]2O[C@H](COCc3ccccc3)[C@H](OCc3ccccc3)[C@H](OCc3ccccc3)[C@H]2OCc2ccccc2)[C@H](OCc2ccccc2)[C@H]1OCc1ccccc1)C(=O)C(F)(F)F. The van der Waals surface area contributed by atoms with Crippen molar-refractivity contribution >= 4 is 5.91 Å². The number of alkyl halides is 3. The van der Waals surface area contributed by atoms with E-state index in [1.165, 1.54) is 0 Å². The molecule has 0 N–H and O–H groups in total. The van der Waals surface area contributed by atoms with E-state index < -0.39 is 73.5 Å². The third-order valence-electron chi connectivity index (χ3n) is 15.6. The topological polar surface area (TPSA) is 122 Å². The zero-order valence-electron chi connectivity index (χ0n) is 50.7. The van der Waals surface area contributed by atoms with Crippen molar-refractivity contribution in [3.63, 3.8) is 0 Å². The molecule has 1 amide bonds. The van der Waals surface area contributed by atoms with Gasteiger partial charge in [-0.05, 0) is 58.2 Å². The van der Waals surface area contributed by atoms with Gasteiger partial charge in [-0.2, -0.15) is 13.2 Å². The number of nitrogens with zero attached hydrogens (tertiary/aromatic N) is 1. The first-order chi connectivity index (χ1) is 43.7. The molecule has 7 aromatic rings. The van der Waals surface area contributed by atoms with Gasteiger partial charge >= 0.3 is 12.1 Å². The van der Waals surface area contributed by atoms with E-state index in [-0.39, 0.29) is 79.0 Å². The van der Waals surface area contributed by atoms with Crippen molar-refractivity contribution in [3.8, 4) is 0 Å². The van der Waals surface area contributed by atoms with Crippen LogP contribution < -0.4 is 0 Å². The van der Waals surface area contributed by atoms with Crippen LogP contribution in [-0.2, 0) is 103 Å². The molecule has 0 aromatic heterocycles. The van der Waals surface area contributed by atoms with Gasteiger partial charge in [0.2, 0.25) is 0 Å². The Balaban J connectivity index is 1.09. The van der Waals surface area contributed by atoms with E-state index >= 15 is 0 Å². The largest absolute Gasteiger partial charge is 0.471 e. The van der Waals surface area contributed by atoms with Crippen molar-refractivity contribution in [3.05, 3.63) is 251 Å². The number of hydrogen-bond acceptors (Lipinski definition) is 12. The van der Waals surface area contributed by atoms with E-state index in [0.717, 1.165) is 63.1 Å². The number of rotatable bonds is 36. The van der Waals surface area contributed by atoms with Gasteiger partial charge in [-0.3, -0.25) is 4.79 Å². The molecule has 7 aromatic carbocycles. The van der Waals surface area contributed by atoms with Crippen LogP contribution in [0.25, 0.3) is 0 Å². The number of carbonyl (C=O) groups is 1. The summed E-state index contributed by atoms with van der Waals surface area (Å²) in [6.07, 6.45) is -11.2. The van der Waals surface area contributed by atoms with Crippen LogP contribution in [0.4, 0.5) is 13.2 Å². The Morgan fingerprint density at radius 3 is 1.10 bits per heavy atom. The van der Waals surface area contributed by atoms with Crippen LogP contribution in [0.1, 0.15) is 84.4 Å². The van der Waals surface area contributed by atoms with Crippen molar-refractivity contribution in [1.82, 2.24) is 4.90 Å². The molecule has 16 heteroatoms. The van der Waals surface area contributed by atoms with Gasteiger partial charge in [0.15, 0.2) is 12.6 Å². The zero-order chi connectivity index (χ0) is 61.7. The average Bonchev–Trinajstić information content (AvgIpc) is 1.46. The molecule has 10 atom stereocenters. The molecule has 2 fully saturated rings. The van der Waals surface area contributed by atoms with E-state index in [1.807, 2.05) is 219 Å². The number of ether oxygens (including phenoxy) is 11. The Kier molecular flexibility index (Phi) is 27.2. The smallest absolute Gasteiger partial charge is 0.374 e. The fourth-order valence-electron chi connectivity index (χ4n) is 10.9. The molecule has 89 heavy (non-hydrogen) atoms. The summed E-state index contributed by atoms with van der Waals surface area (Å²) in [5.74, 6) is -1.84. The van der Waals surface area contributed by atoms with Crippen molar-refractivity contribution < 1.29 is 70.1 Å². The minimum absolute atomic E-state index is 0.0123. The third kappa shape index (κ3) is 21.5. The van der Waals surface area contributed by atoms with Gasteiger partial charge in [0.05, 0.1) is 59.5 Å². The number of benzene rings is 7. The first-order valence-corrected chi connectivity index (χ1v) is 31.1. The standard InChI is InChI=1S/C73H84F3NO12/c1-2-3-4-26-43-77(72(78)73(74,75)76)44-27-28-45-81-70-68(85-51-60-39-22-10-23-40-60)67(84-50-59-37-20-9-21-38-59)65(63(87-70)54-80-47-56-31-14-6-15-32-56)89-71-69(86-52-61-41-24-11-25-42-61)66(83-49-58-35-18-8-19-36-58)64(82-48-57-33-16-7-17-34-57)62(88-71)53-79-46-55-29-12-5-13-30-55/h5-25,29-42,62-71H,2-4,26-28,43-54H2,1H3/t62-,63-,64+,65-,66+,67+,68-,69-,70+,71+/m1/s1. The Morgan fingerprint density at radius 1 is 0.382 bits per heavy atom. The van der Waals surface area contributed by atoms with Crippen molar-refractivity contribution in [2.24, 2.45) is 0 Å². The Bertz CT molecular complexity index is 3020. The maximum Gasteiger partial charge on any atom is 0.471 e. The van der Waals surface area contributed by atoms with Crippen LogP contribution in [0.15, 0.2) is 212 Å². The van der Waals surface area contributed by atoms with Gasteiger partial charge < -0.3 is 57.0 Å². The molecule has 0 spiro atoms. The molecular formula is C73H84F3NO12. The molecule has 2 aliphatic heterocycles. The highest BCUT2D eigenvalue weighted by atomic mass is 19.4. The highest BCUT2D eigenvalue weighted by Gasteiger charge is 2.55. The molecule has 9 rings (SSSR count). The highest BCUT2D eigenvalue weighted by molar-refractivity contribution is 5.81. The minimum Gasteiger partial charge on any atom is -0.374 e. The summed E-state index contributed by atoms with van der Waals surface area (Å²) in [4.78, 5) is 13.6. The lowest BCUT2D eigenvalue weighted by atomic mass is 9.95. The maximum absolute atomic E-state index is 13.9. The van der Waals surface area contributed by atoms with E-state index in [9.17, 15) is 18.0 Å². The van der Waals surface area contributed by atoms with Crippen LogP contribution in [0, 0.1) is 0 Å². The number of unbranched alkanes of at least 4 members (excludes halogenated alkanes) is 4. The van der Waals surface area contributed by atoms with Gasteiger partial charge in [0.25, 0.3) is 0 Å². The van der Waals surface area contributed by atoms with Gasteiger partial charge in [0, 0.05) is 19.7 Å². The van der Waals surface area contributed by atoms with Crippen molar-refractivity contribution in [2.75, 3.05) is 32.9 Å². The Hall–Kier alpha value is -6.64. The Morgan fingerprint density at radius 2 is 0.708 bits per heavy atom. The molecule has 0 aliphatic carbocycles. The molecule has 0 saturated carbocycles. The lowest BCUT2D eigenvalue weighted by Gasteiger charge is -2.50. The number of amides is 1. The lowest BCUT2D eigenvalue weighted by Crippen LogP contribution is -2.66. The predicted molar refractivity (Wildman–Crippen MR) is 331 cm³/mol. The second-order valence-electron chi connectivity index (χ2n) is 22.4. The summed E-state index contributed by atoms with van der Waals surface area (Å²) in [5.41, 5.74) is 6.44. The first-order valence-electron chi connectivity index (χ1n) is 31.1. The minimum atomic E-state index is -4.99. The molecule has 474 valence electrons. The van der Waals surface area contributed by atoms with Crippen LogP contribution >= 0.6 is 0 Å². The Labute approximate surface area is 522 Å². The molecule has 0 bridgehead atoms. The van der Waals surface area contributed by atoms with Gasteiger partial charge in [0.1, 0.15) is 48.8 Å². The van der Waals surface area contributed by atoms with Crippen molar-refractivity contribution in [1.29, 1.82) is 0 Å².